The fourth-order valence-corrected chi connectivity index (χ4v) is 2.33. The number of nitrogens with one attached hydrogen (secondary N) is 2. The zero-order valence-corrected chi connectivity index (χ0v) is 14.8. The van der Waals surface area contributed by atoms with Gasteiger partial charge >= 0.3 is 12.0 Å². The maximum absolute atomic E-state index is 12.1. The topological polar surface area (TPSA) is 87.7 Å². The van der Waals surface area contributed by atoms with Crippen LogP contribution in [0.4, 0.5) is 10.5 Å². The third kappa shape index (κ3) is 5.89. The van der Waals surface area contributed by atoms with Crippen molar-refractivity contribution in [3.63, 3.8) is 0 Å². The number of rotatable bonds is 8. The van der Waals surface area contributed by atoms with Gasteiger partial charge in [-0.3, -0.25) is 0 Å². The van der Waals surface area contributed by atoms with Gasteiger partial charge in [0.15, 0.2) is 0 Å². The van der Waals surface area contributed by atoms with Crippen LogP contribution in [-0.4, -0.2) is 30.3 Å². The summed E-state index contributed by atoms with van der Waals surface area (Å²) in [5, 5.41) is 14.9. The largest absolute Gasteiger partial charge is 0.462 e. The van der Waals surface area contributed by atoms with Crippen LogP contribution < -0.4 is 10.6 Å². The molecule has 0 fully saturated rings. The first kappa shape index (κ1) is 19.5. The van der Waals surface area contributed by atoms with E-state index in [2.05, 4.69) is 10.6 Å². The van der Waals surface area contributed by atoms with Crippen molar-refractivity contribution in [2.75, 3.05) is 18.5 Å². The molecule has 2 amide bonds. The second kappa shape index (κ2) is 10.2. The van der Waals surface area contributed by atoms with Gasteiger partial charge in [-0.15, -0.1) is 0 Å². The smallest absolute Gasteiger partial charge is 0.338 e. The molecule has 6 heteroatoms. The summed E-state index contributed by atoms with van der Waals surface area (Å²) < 4.78 is 5.14. The van der Waals surface area contributed by atoms with E-state index in [0.29, 0.717) is 17.9 Å². The summed E-state index contributed by atoms with van der Waals surface area (Å²) in [6.45, 7) is 2.22. The summed E-state index contributed by atoms with van der Waals surface area (Å²) in [5.41, 5.74) is 1.79. The molecule has 6 nitrogen and oxygen atoms in total. The van der Waals surface area contributed by atoms with Gasteiger partial charge in [0.2, 0.25) is 0 Å². The number of anilines is 1. The molecule has 26 heavy (non-hydrogen) atoms. The monoisotopic (exact) mass is 356 g/mol. The molecular formula is C20H24N2O4. The highest BCUT2D eigenvalue weighted by Gasteiger charge is 2.13. The number of aliphatic hydroxyl groups is 1. The van der Waals surface area contributed by atoms with Crippen LogP contribution in [-0.2, 0) is 4.74 Å². The van der Waals surface area contributed by atoms with Gasteiger partial charge in [-0.25, -0.2) is 9.59 Å². The zero-order valence-electron chi connectivity index (χ0n) is 14.8. The van der Waals surface area contributed by atoms with Gasteiger partial charge in [-0.2, -0.15) is 0 Å². The van der Waals surface area contributed by atoms with Crippen LogP contribution in [0.1, 0.15) is 41.7 Å². The van der Waals surface area contributed by atoms with Crippen LogP contribution in [0.3, 0.4) is 0 Å². The quantitative estimate of drug-likeness (QED) is 0.499. The summed E-state index contributed by atoms with van der Waals surface area (Å²) in [7, 11) is 0. The minimum atomic E-state index is -0.496. The molecule has 0 spiro atoms. The van der Waals surface area contributed by atoms with Crippen molar-refractivity contribution < 1.29 is 19.4 Å². The summed E-state index contributed by atoms with van der Waals surface area (Å²) in [6.07, 6.45) is 1.79. The average molecular weight is 356 g/mol. The van der Waals surface area contributed by atoms with E-state index in [0.717, 1.165) is 18.4 Å². The molecule has 2 aromatic rings. The van der Waals surface area contributed by atoms with Crippen LogP contribution >= 0.6 is 0 Å². The minimum absolute atomic E-state index is 0.208. The summed E-state index contributed by atoms with van der Waals surface area (Å²) in [6, 6.07) is 14.8. The van der Waals surface area contributed by atoms with E-state index in [1.165, 1.54) is 0 Å². The van der Waals surface area contributed by atoms with Crippen LogP contribution in [0.5, 0.6) is 0 Å². The Hall–Kier alpha value is -2.86. The molecule has 0 unspecified atom stereocenters. The molecule has 0 radical (unpaired) electrons. The lowest BCUT2D eigenvalue weighted by molar-refractivity contribution is 0.0500. The Morgan fingerprint density at radius 1 is 1.08 bits per heavy atom. The molecule has 2 aromatic carbocycles. The number of unbranched alkanes of at least 4 members (excludes halogenated alkanes) is 1. The fourth-order valence-electron chi connectivity index (χ4n) is 2.33. The van der Waals surface area contributed by atoms with Crippen molar-refractivity contribution in [1.82, 2.24) is 5.32 Å². The van der Waals surface area contributed by atoms with Gasteiger partial charge in [0, 0.05) is 5.69 Å². The van der Waals surface area contributed by atoms with E-state index in [1.807, 2.05) is 37.3 Å². The van der Waals surface area contributed by atoms with Gasteiger partial charge < -0.3 is 20.5 Å². The summed E-state index contributed by atoms with van der Waals surface area (Å²) >= 11 is 0. The molecule has 0 aliphatic rings. The number of carbonyl (C=O) groups is 2. The number of ether oxygens (including phenoxy) is 1. The highest BCUT2D eigenvalue weighted by molar-refractivity contribution is 5.92. The number of esters is 1. The second-order valence-corrected chi connectivity index (χ2v) is 5.81. The first-order valence-electron chi connectivity index (χ1n) is 8.64. The first-order chi connectivity index (χ1) is 12.6. The minimum Gasteiger partial charge on any atom is -0.462 e. The molecule has 0 aliphatic carbocycles. The van der Waals surface area contributed by atoms with Gasteiger partial charge in [0.25, 0.3) is 0 Å². The Balaban J connectivity index is 1.89. The van der Waals surface area contributed by atoms with E-state index in [1.54, 1.807) is 24.3 Å². The standard InChI is InChI=1S/C20H24N2O4/c1-2-3-13-26-19(24)16-9-11-17(12-10-16)21-20(25)22-18(14-23)15-7-5-4-6-8-15/h4-12,18,23H,2-3,13-14H2,1H3,(H2,21,22,25)/t18-/m1/s1. The Kier molecular flexibility index (Phi) is 7.64. The van der Waals surface area contributed by atoms with Crippen molar-refractivity contribution in [2.24, 2.45) is 0 Å². The van der Waals surface area contributed by atoms with Crippen molar-refractivity contribution in [3.05, 3.63) is 65.7 Å². The molecule has 3 N–H and O–H groups in total. The molecule has 2 rings (SSSR count). The lowest BCUT2D eigenvalue weighted by Crippen LogP contribution is -2.34. The lowest BCUT2D eigenvalue weighted by Gasteiger charge is -2.17. The first-order valence-corrected chi connectivity index (χ1v) is 8.64. The average Bonchev–Trinajstić information content (AvgIpc) is 2.67. The van der Waals surface area contributed by atoms with E-state index < -0.39 is 12.1 Å². The van der Waals surface area contributed by atoms with Crippen molar-refractivity contribution in [3.8, 4) is 0 Å². The number of benzene rings is 2. The van der Waals surface area contributed by atoms with Crippen LogP contribution in [0.15, 0.2) is 54.6 Å². The predicted octanol–water partition coefficient (Wildman–Crippen LogP) is 3.50. The molecule has 0 saturated heterocycles. The highest BCUT2D eigenvalue weighted by Crippen LogP contribution is 2.14. The van der Waals surface area contributed by atoms with E-state index >= 15 is 0 Å². The number of urea groups is 1. The van der Waals surface area contributed by atoms with E-state index in [-0.39, 0.29) is 12.6 Å². The summed E-state index contributed by atoms with van der Waals surface area (Å²) in [5.74, 6) is -0.376. The number of hydrogen-bond acceptors (Lipinski definition) is 4. The number of aliphatic hydroxyl groups excluding tert-OH is 1. The number of hydrogen-bond donors (Lipinski definition) is 3. The van der Waals surface area contributed by atoms with Crippen LogP contribution in [0.25, 0.3) is 0 Å². The molecule has 0 bridgehead atoms. The third-order valence-electron chi connectivity index (χ3n) is 3.80. The second-order valence-electron chi connectivity index (χ2n) is 5.81. The normalized spacial score (nSPS) is 11.5. The Bertz CT molecular complexity index is 702. The molecule has 0 saturated carbocycles. The van der Waals surface area contributed by atoms with E-state index in [4.69, 9.17) is 4.74 Å². The predicted molar refractivity (Wildman–Crippen MR) is 100 cm³/mol. The molecular weight excluding hydrogens is 332 g/mol. The molecule has 0 aromatic heterocycles. The highest BCUT2D eigenvalue weighted by atomic mass is 16.5. The number of carbonyl (C=O) groups excluding carboxylic acids is 2. The SMILES string of the molecule is CCCCOC(=O)c1ccc(NC(=O)N[C@H](CO)c2ccccc2)cc1. The lowest BCUT2D eigenvalue weighted by atomic mass is 10.1. The molecule has 0 heterocycles. The Labute approximate surface area is 153 Å². The van der Waals surface area contributed by atoms with Gasteiger partial charge in [-0.05, 0) is 36.2 Å². The van der Waals surface area contributed by atoms with E-state index in [9.17, 15) is 14.7 Å². The van der Waals surface area contributed by atoms with Crippen LogP contribution in [0.2, 0.25) is 0 Å². The van der Waals surface area contributed by atoms with Crippen molar-refractivity contribution in [2.45, 2.75) is 25.8 Å². The fraction of sp³-hybridized carbons (Fsp3) is 0.300. The van der Waals surface area contributed by atoms with Gasteiger partial charge in [-0.1, -0.05) is 43.7 Å². The van der Waals surface area contributed by atoms with Crippen LogP contribution in [0, 0.1) is 0 Å². The van der Waals surface area contributed by atoms with Gasteiger partial charge in [0.05, 0.1) is 24.8 Å². The van der Waals surface area contributed by atoms with Crippen molar-refractivity contribution in [1.29, 1.82) is 0 Å². The van der Waals surface area contributed by atoms with Crippen molar-refractivity contribution >= 4 is 17.7 Å². The summed E-state index contributed by atoms with van der Waals surface area (Å²) in [4.78, 5) is 24.0. The van der Waals surface area contributed by atoms with Gasteiger partial charge in [0.1, 0.15) is 0 Å². The third-order valence-corrected chi connectivity index (χ3v) is 3.80. The molecule has 1 atom stereocenters. The molecule has 0 aliphatic heterocycles. The Morgan fingerprint density at radius 3 is 2.38 bits per heavy atom. The maximum atomic E-state index is 12.1. The maximum Gasteiger partial charge on any atom is 0.338 e. The number of amides is 2. The molecule has 138 valence electrons. The zero-order chi connectivity index (χ0) is 18.8. The Morgan fingerprint density at radius 2 is 1.77 bits per heavy atom.